The highest BCUT2D eigenvalue weighted by molar-refractivity contribution is 5.24. The Labute approximate surface area is 69.7 Å². The highest BCUT2D eigenvalue weighted by Gasteiger charge is 2.32. The summed E-state index contributed by atoms with van der Waals surface area (Å²) >= 11 is 0. The molecular formula is C7H3F5O. The van der Waals surface area contributed by atoms with Gasteiger partial charge in [-0.1, -0.05) is 0 Å². The molecule has 0 radical (unpaired) electrons. The Bertz CT molecular complexity index is 306. The van der Waals surface area contributed by atoms with Crippen molar-refractivity contribution < 1.29 is 26.7 Å². The zero-order valence-electron chi connectivity index (χ0n) is 6.03. The predicted octanol–water partition coefficient (Wildman–Crippen LogP) is 2.86. The summed E-state index contributed by atoms with van der Waals surface area (Å²) in [6.45, 7) is 0. The van der Waals surface area contributed by atoms with Crippen molar-refractivity contribution >= 4 is 0 Å². The topological polar surface area (TPSA) is 9.23 Å². The molecule has 1 nitrogen and oxygen atoms in total. The number of rotatable bonds is 1. The molecule has 1 rings (SSSR count). The molecule has 0 atom stereocenters. The second-order valence-electron chi connectivity index (χ2n) is 2.12. The number of ether oxygens (including phenoxy) is 1. The molecule has 1 aromatic rings. The molecule has 0 aliphatic heterocycles. The second kappa shape index (κ2) is 3.20. The molecule has 13 heavy (non-hydrogen) atoms. The highest BCUT2D eigenvalue weighted by Crippen LogP contribution is 2.25. The van der Waals surface area contributed by atoms with Crippen LogP contribution in [0.25, 0.3) is 0 Å². The van der Waals surface area contributed by atoms with Gasteiger partial charge in [0.2, 0.25) is 0 Å². The van der Waals surface area contributed by atoms with Crippen LogP contribution in [0, 0.1) is 11.6 Å². The van der Waals surface area contributed by atoms with Crippen molar-refractivity contribution in [2.24, 2.45) is 0 Å². The third-order valence-electron chi connectivity index (χ3n) is 1.12. The van der Waals surface area contributed by atoms with E-state index in [9.17, 15) is 22.0 Å². The van der Waals surface area contributed by atoms with Crippen LogP contribution >= 0.6 is 0 Å². The van der Waals surface area contributed by atoms with Crippen molar-refractivity contribution in [3.05, 3.63) is 29.8 Å². The molecule has 0 bridgehead atoms. The lowest BCUT2D eigenvalue weighted by atomic mass is 10.3. The standard InChI is InChI=1S/C7H3F5O/c8-4-1-2-6(5(9)3-4)13-7(10,11)12/h1-3H. The fraction of sp³-hybridized carbons (Fsp3) is 0.143. The SMILES string of the molecule is Fc1ccc(OC(F)(F)F)c(F)c1. The molecular weight excluding hydrogens is 195 g/mol. The van der Waals surface area contributed by atoms with E-state index in [1.54, 1.807) is 0 Å². The molecule has 1 aromatic carbocycles. The molecule has 6 heteroatoms. The molecule has 72 valence electrons. The minimum atomic E-state index is -4.97. The van der Waals surface area contributed by atoms with Gasteiger partial charge in [0.15, 0.2) is 11.6 Å². The first-order valence-corrected chi connectivity index (χ1v) is 3.09. The van der Waals surface area contributed by atoms with Crippen molar-refractivity contribution in [3.8, 4) is 5.75 Å². The molecule has 0 saturated carbocycles. The monoisotopic (exact) mass is 198 g/mol. The average molecular weight is 198 g/mol. The molecule has 0 N–H and O–H groups in total. The first-order chi connectivity index (χ1) is 5.88. The molecule has 0 spiro atoms. The largest absolute Gasteiger partial charge is 0.573 e. The number of hydrogen-bond donors (Lipinski definition) is 0. The van der Waals surface area contributed by atoms with Crippen LogP contribution < -0.4 is 4.74 Å². The summed E-state index contributed by atoms with van der Waals surface area (Å²) in [5, 5.41) is 0. The molecule has 0 amide bonds. The van der Waals surface area contributed by atoms with Crippen molar-refractivity contribution in [2.75, 3.05) is 0 Å². The van der Waals surface area contributed by atoms with Crippen molar-refractivity contribution in [1.82, 2.24) is 0 Å². The van der Waals surface area contributed by atoms with Gasteiger partial charge in [0.25, 0.3) is 0 Å². The van der Waals surface area contributed by atoms with Crippen LogP contribution in [-0.4, -0.2) is 6.36 Å². The first kappa shape index (κ1) is 9.76. The van der Waals surface area contributed by atoms with Crippen LogP contribution in [0.2, 0.25) is 0 Å². The quantitative estimate of drug-likeness (QED) is 0.630. The van der Waals surface area contributed by atoms with Gasteiger partial charge in [-0.25, -0.2) is 8.78 Å². The zero-order valence-corrected chi connectivity index (χ0v) is 6.03. The van der Waals surface area contributed by atoms with E-state index in [-0.39, 0.29) is 0 Å². The maximum atomic E-state index is 12.5. The van der Waals surface area contributed by atoms with Gasteiger partial charge in [-0.3, -0.25) is 0 Å². The predicted molar refractivity (Wildman–Crippen MR) is 33.0 cm³/mol. The Morgan fingerprint density at radius 1 is 1.08 bits per heavy atom. The third-order valence-corrected chi connectivity index (χ3v) is 1.12. The van der Waals surface area contributed by atoms with Crippen LogP contribution in [-0.2, 0) is 0 Å². The minimum absolute atomic E-state index is 0.307. The van der Waals surface area contributed by atoms with Gasteiger partial charge in [-0.2, -0.15) is 0 Å². The second-order valence-corrected chi connectivity index (χ2v) is 2.12. The Hall–Kier alpha value is -1.33. The lowest BCUT2D eigenvalue weighted by Gasteiger charge is -2.08. The normalized spacial score (nSPS) is 11.5. The summed E-state index contributed by atoms with van der Waals surface area (Å²) in [7, 11) is 0. The molecule has 0 aliphatic rings. The molecule has 0 saturated heterocycles. The van der Waals surface area contributed by atoms with Crippen LogP contribution in [0.5, 0.6) is 5.75 Å². The Balaban J connectivity index is 2.90. The van der Waals surface area contributed by atoms with Gasteiger partial charge in [-0.15, -0.1) is 13.2 Å². The highest BCUT2D eigenvalue weighted by atomic mass is 19.4. The average Bonchev–Trinajstić information content (AvgIpc) is 1.93. The number of benzene rings is 1. The number of alkyl halides is 3. The van der Waals surface area contributed by atoms with E-state index in [0.717, 1.165) is 0 Å². The van der Waals surface area contributed by atoms with E-state index >= 15 is 0 Å². The summed E-state index contributed by atoms with van der Waals surface area (Å²) in [5.74, 6) is -3.40. The third kappa shape index (κ3) is 2.89. The zero-order chi connectivity index (χ0) is 10.1. The van der Waals surface area contributed by atoms with E-state index in [1.807, 2.05) is 0 Å². The summed E-state index contributed by atoms with van der Waals surface area (Å²) in [4.78, 5) is 0. The van der Waals surface area contributed by atoms with Gasteiger partial charge in [0.1, 0.15) is 5.82 Å². The van der Waals surface area contributed by atoms with E-state index in [2.05, 4.69) is 4.74 Å². The van der Waals surface area contributed by atoms with Gasteiger partial charge < -0.3 is 4.74 Å². The van der Waals surface area contributed by atoms with E-state index in [0.29, 0.717) is 18.2 Å². The number of halogens is 5. The van der Waals surface area contributed by atoms with E-state index < -0.39 is 23.7 Å². The van der Waals surface area contributed by atoms with Gasteiger partial charge >= 0.3 is 6.36 Å². The Kier molecular flexibility index (Phi) is 2.40. The maximum absolute atomic E-state index is 12.5. The lowest BCUT2D eigenvalue weighted by Crippen LogP contribution is -2.17. The smallest absolute Gasteiger partial charge is 0.403 e. The van der Waals surface area contributed by atoms with Crippen molar-refractivity contribution in [3.63, 3.8) is 0 Å². The fourth-order valence-corrected chi connectivity index (χ4v) is 0.683. The van der Waals surface area contributed by atoms with E-state index in [1.165, 1.54) is 0 Å². The van der Waals surface area contributed by atoms with Gasteiger partial charge in [0.05, 0.1) is 0 Å². The fourth-order valence-electron chi connectivity index (χ4n) is 0.683. The summed E-state index contributed by atoms with van der Waals surface area (Å²) < 4.78 is 62.6. The minimum Gasteiger partial charge on any atom is -0.403 e. The summed E-state index contributed by atoms with van der Waals surface area (Å²) in [6.07, 6.45) is -4.97. The van der Waals surface area contributed by atoms with Crippen LogP contribution in [0.4, 0.5) is 22.0 Å². The van der Waals surface area contributed by atoms with Crippen LogP contribution in [0.15, 0.2) is 18.2 Å². The van der Waals surface area contributed by atoms with Crippen molar-refractivity contribution in [1.29, 1.82) is 0 Å². The van der Waals surface area contributed by atoms with Crippen LogP contribution in [0.3, 0.4) is 0 Å². The molecule has 0 aromatic heterocycles. The lowest BCUT2D eigenvalue weighted by molar-refractivity contribution is -0.275. The maximum Gasteiger partial charge on any atom is 0.573 e. The summed E-state index contributed by atoms with van der Waals surface area (Å²) in [5.41, 5.74) is 0. The van der Waals surface area contributed by atoms with Gasteiger partial charge in [0, 0.05) is 6.07 Å². The van der Waals surface area contributed by atoms with E-state index in [4.69, 9.17) is 0 Å². The number of hydrogen-bond acceptors (Lipinski definition) is 1. The van der Waals surface area contributed by atoms with Gasteiger partial charge in [-0.05, 0) is 12.1 Å². The summed E-state index contributed by atoms with van der Waals surface area (Å²) in [6, 6.07) is 1.55. The first-order valence-electron chi connectivity index (χ1n) is 3.09. The van der Waals surface area contributed by atoms with Crippen molar-refractivity contribution in [2.45, 2.75) is 6.36 Å². The Morgan fingerprint density at radius 2 is 1.69 bits per heavy atom. The molecule has 0 heterocycles. The molecule has 0 unspecified atom stereocenters. The van der Waals surface area contributed by atoms with Crippen LogP contribution in [0.1, 0.15) is 0 Å². The molecule has 0 aliphatic carbocycles. The Morgan fingerprint density at radius 3 is 2.15 bits per heavy atom. The molecule has 0 fully saturated rings.